The molecule has 0 atom stereocenters. The number of benzene rings is 2. The molecule has 106 valence electrons. The van der Waals surface area contributed by atoms with Gasteiger partial charge in [0.25, 0.3) is 5.91 Å². The van der Waals surface area contributed by atoms with E-state index in [1.165, 1.54) is 6.07 Å². The second-order valence-electron chi connectivity index (χ2n) is 4.55. The molecule has 0 radical (unpaired) electrons. The van der Waals surface area contributed by atoms with Crippen LogP contribution in [0.15, 0.2) is 47.2 Å². The number of halogens is 2. The summed E-state index contributed by atoms with van der Waals surface area (Å²) in [5, 5.41) is 2.71. The van der Waals surface area contributed by atoms with Crippen LogP contribution in [0.5, 0.6) is 0 Å². The van der Waals surface area contributed by atoms with Crippen molar-refractivity contribution < 1.29 is 9.18 Å². The zero-order chi connectivity index (χ0) is 14.8. The van der Waals surface area contributed by atoms with E-state index in [-0.39, 0.29) is 18.3 Å². The minimum atomic E-state index is -0.345. The zero-order valence-corrected chi connectivity index (χ0v) is 12.4. The average molecular weight is 348 g/mol. The SMILES string of the molecule is O=C(NCc1cc(Br)ccc1F)c1ccc2nc[nH]c2c1. The molecule has 1 aromatic heterocycles. The van der Waals surface area contributed by atoms with E-state index in [4.69, 9.17) is 0 Å². The number of fused-ring (bicyclic) bond motifs is 1. The summed E-state index contributed by atoms with van der Waals surface area (Å²) in [4.78, 5) is 19.1. The molecule has 3 rings (SSSR count). The molecule has 3 aromatic rings. The number of nitrogens with zero attached hydrogens (tertiary/aromatic N) is 1. The summed E-state index contributed by atoms with van der Waals surface area (Å²) >= 11 is 3.28. The highest BCUT2D eigenvalue weighted by atomic mass is 79.9. The Hall–Kier alpha value is -2.21. The standard InChI is InChI=1S/C15H11BrFN3O/c16-11-2-3-12(17)10(5-11)7-18-15(21)9-1-4-13-14(6-9)20-8-19-13/h1-6,8H,7H2,(H,18,21)(H,19,20). The molecule has 0 unspecified atom stereocenters. The van der Waals surface area contributed by atoms with E-state index in [1.807, 2.05) is 0 Å². The van der Waals surface area contributed by atoms with Gasteiger partial charge in [-0.15, -0.1) is 0 Å². The second kappa shape index (κ2) is 5.65. The molecular formula is C15H11BrFN3O. The highest BCUT2D eigenvalue weighted by Gasteiger charge is 2.09. The van der Waals surface area contributed by atoms with Gasteiger partial charge in [-0.3, -0.25) is 4.79 Å². The van der Waals surface area contributed by atoms with Gasteiger partial charge >= 0.3 is 0 Å². The highest BCUT2D eigenvalue weighted by Crippen LogP contribution is 2.16. The Morgan fingerprint density at radius 2 is 2.14 bits per heavy atom. The predicted octanol–water partition coefficient (Wildman–Crippen LogP) is 3.39. The molecule has 0 bridgehead atoms. The van der Waals surface area contributed by atoms with Gasteiger partial charge in [-0.2, -0.15) is 0 Å². The average Bonchev–Trinajstić information content (AvgIpc) is 2.95. The van der Waals surface area contributed by atoms with E-state index in [2.05, 4.69) is 31.2 Å². The lowest BCUT2D eigenvalue weighted by molar-refractivity contribution is 0.0950. The van der Waals surface area contributed by atoms with Crippen molar-refractivity contribution in [3.05, 3.63) is 64.1 Å². The Morgan fingerprint density at radius 3 is 3.00 bits per heavy atom. The van der Waals surface area contributed by atoms with Gasteiger partial charge in [0.05, 0.1) is 17.4 Å². The molecular weight excluding hydrogens is 337 g/mol. The number of imidazole rings is 1. The summed E-state index contributed by atoms with van der Waals surface area (Å²) < 4.78 is 14.4. The largest absolute Gasteiger partial charge is 0.348 e. The first-order valence-corrected chi connectivity index (χ1v) is 7.08. The van der Waals surface area contributed by atoms with Gasteiger partial charge in [-0.1, -0.05) is 15.9 Å². The fourth-order valence-electron chi connectivity index (χ4n) is 2.03. The van der Waals surface area contributed by atoms with E-state index in [0.717, 1.165) is 15.5 Å². The van der Waals surface area contributed by atoms with Crippen molar-refractivity contribution in [2.75, 3.05) is 0 Å². The lowest BCUT2D eigenvalue weighted by Gasteiger charge is -2.07. The number of aromatic amines is 1. The third-order valence-electron chi connectivity index (χ3n) is 3.13. The van der Waals surface area contributed by atoms with Crippen LogP contribution in [0.4, 0.5) is 4.39 Å². The normalized spacial score (nSPS) is 10.8. The van der Waals surface area contributed by atoms with Crippen molar-refractivity contribution in [2.24, 2.45) is 0 Å². The number of carbonyl (C=O) groups excluding carboxylic acids is 1. The summed E-state index contributed by atoms with van der Waals surface area (Å²) in [7, 11) is 0. The van der Waals surface area contributed by atoms with E-state index in [9.17, 15) is 9.18 Å². The molecule has 0 saturated carbocycles. The maximum atomic E-state index is 13.6. The molecule has 2 N–H and O–H groups in total. The minimum absolute atomic E-state index is 0.130. The predicted molar refractivity (Wildman–Crippen MR) is 81.4 cm³/mol. The number of hydrogen-bond acceptors (Lipinski definition) is 2. The van der Waals surface area contributed by atoms with Crippen LogP contribution >= 0.6 is 15.9 Å². The van der Waals surface area contributed by atoms with Gasteiger partial charge < -0.3 is 10.3 Å². The number of amides is 1. The minimum Gasteiger partial charge on any atom is -0.348 e. The number of rotatable bonds is 3. The summed E-state index contributed by atoms with van der Waals surface area (Å²) in [6.45, 7) is 0.130. The van der Waals surface area contributed by atoms with Crippen molar-refractivity contribution in [1.29, 1.82) is 0 Å². The third-order valence-corrected chi connectivity index (χ3v) is 3.62. The fourth-order valence-corrected chi connectivity index (χ4v) is 2.44. The van der Waals surface area contributed by atoms with Gasteiger partial charge in [0.15, 0.2) is 0 Å². The quantitative estimate of drug-likeness (QED) is 0.762. The van der Waals surface area contributed by atoms with Crippen LogP contribution < -0.4 is 5.32 Å². The number of aromatic nitrogens is 2. The topological polar surface area (TPSA) is 57.8 Å². The Kier molecular flexibility index (Phi) is 3.70. The van der Waals surface area contributed by atoms with Gasteiger partial charge in [-0.25, -0.2) is 9.37 Å². The van der Waals surface area contributed by atoms with Crippen molar-refractivity contribution in [2.45, 2.75) is 6.54 Å². The van der Waals surface area contributed by atoms with Crippen LogP contribution in [0, 0.1) is 5.82 Å². The first-order valence-electron chi connectivity index (χ1n) is 6.29. The van der Waals surface area contributed by atoms with Crippen molar-refractivity contribution in [3.8, 4) is 0 Å². The molecule has 1 heterocycles. The van der Waals surface area contributed by atoms with Crippen LogP contribution in [0.2, 0.25) is 0 Å². The molecule has 0 aliphatic carbocycles. The van der Waals surface area contributed by atoms with Crippen molar-refractivity contribution >= 4 is 32.9 Å². The van der Waals surface area contributed by atoms with Crippen LogP contribution in [-0.4, -0.2) is 15.9 Å². The Balaban J connectivity index is 1.75. The Morgan fingerprint density at radius 1 is 1.29 bits per heavy atom. The molecule has 1 amide bonds. The van der Waals surface area contributed by atoms with Gasteiger partial charge in [-0.05, 0) is 36.4 Å². The van der Waals surface area contributed by atoms with Crippen molar-refractivity contribution in [3.63, 3.8) is 0 Å². The van der Waals surface area contributed by atoms with Crippen LogP contribution in [0.1, 0.15) is 15.9 Å². The maximum Gasteiger partial charge on any atom is 0.251 e. The Labute approximate surface area is 128 Å². The lowest BCUT2D eigenvalue weighted by atomic mass is 10.1. The van der Waals surface area contributed by atoms with E-state index >= 15 is 0 Å². The maximum absolute atomic E-state index is 13.6. The number of carbonyl (C=O) groups is 1. The summed E-state index contributed by atoms with van der Waals surface area (Å²) in [6.07, 6.45) is 1.57. The fraction of sp³-hybridized carbons (Fsp3) is 0.0667. The van der Waals surface area contributed by atoms with Gasteiger partial charge in [0.2, 0.25) is 0 Å². The highest BCUT2D eigenvalue weighted by molar-refractivity contribution is 9.10. The summed E-state index contributed by atoms with van der Waals surface area (Å²) in [6, 6.07) is 9.80. The van der Waals surface area contributed by atoms with E-state index in [0.29, 0.717) is 11.1 Å². The van der Waals surface area contributed by atoms with Crippen molar-refractivity contribution in [1.82, 2.24) is 15.3 Å². The van der Waals surface area contributed by atoms with Crippen LogP contribution in [0.3, 0.4) is 0 Å². The molecule has 0 fully saturated rings. The number of H-pyrrole nitrogens is 1. The molecule has 0 aliphatic heterocycles. The smallest absolute Gasteiger partial charge is 0.251 e. The Bertz CT molecular complexity index is 816. The zero-order valence-electron chi connectivity index (χ0n) is 10.9. The summed E-state index contributed by atoms with van der Waals surface area (Å²) in [5.74, 6) is -0.603. The van der Waals surface area contributed by atoms with Crippen LogP contribution in [-0.2, 0) is 6.54 Å². The molecule has 0 saturated heterocycles. The van der Waals surface area contributed by atoms with Crippen LogP contribution in [0.25, 0.3) is 11.0 Å². The second-order valence-corrected chi connectivity index (χ2v) is 5.47. The first-order chi connectivity index (χ1) is 10.1. The third kappa shape index (κ3) is 2.95. The molecule has 21 heavy (non-hydrogen) atoms. The number of hydrogen-bond donors (Lipinski definition) is 2. The van der Waals surface area contributed by atoms with Gasteiger partial charge in [0.1, 0.15) is 5.82 Å². The van der Waals surface area contributed by atoms with Gasteiger partial charge in [0, 0.05) is 22.1 Å². The van der Waals surface area contributed by atoms with E-state index in [1.54, 1.807) is 36.7 Å². The first kappa shape index (κ1) is 13.8. The molecule has 0 spiro atoms. The molecule has 6 heteroatoms. The molecule has 4 nitrogen and oxygen atoms in total. The monoisotopic (exact) mass is 347 g/mol. The molecule has 2 aromatic carbocycles. The molecule has 0 aliphatic rings. The lowest BCUT2D eigenvalue weighted by Crippen LogP contribution is -2.23. The number of nitrogens with one attached hydrogen (secondary N) is 2. The summed E-state index contributed by atoms with van der Waals surface area (Å²) in [5.41, 5.74) is 2.52. The van der Waals surface area contributed by atoms with E-state index < -0.39 is 0 Å².